The van der Waals surface area contributed by atoms with Crippen molar-refractivity contribution in [2.75, 3.05) is 17.7 Å². The Balaban J connectivity index is 1.98. The highest BCUT2D eigenvalue weighted by atomic mass is 35.5. The fourth-order valence-electron chi connectivity index (χ4n) is 2.44. The van der Waals surface area contributed by atoms with Crippen molar-refractivity contribution < 1.29 is 14.3 Å². The second kappa shape index (κ2) is 7.36. The molecule has 6 heteroatoms. The smallest absolute Gasteiger partial charge is 0.338 e. The van der Waals surface area contributed by atoms with Gasteiger partial charge in [0, 0.05) is 5.69 Å². The monoisotopic (exact) mass is 346 g/mol. The van der Waals surface area contributed by atoms with Gasteiger partial charge in [0.2, 0.25) is 0 Å². The van der Waals surface area contributed by atoms with Crippen molar-refractivity contribution >= 4 is 34.9 Å². The average molecular weight is 347 g/mol. The second-order valence-corrected chi connectivity index (χ2v) is 6.04. The Bertz CT molecular complexity index is 780. The van der Waals surface area contributed by atoms with Gasteiger partial charge in [0.05, 0.1) is 16.3 Å². The largest absolute Gasteiger partial charge is 0.452 e. The van der Waals surface area contributed by atoms with Crippen molar-refractivity contribution in [3.63, 3.8) is 0 Å². The van der Waals surface area contributed by atoms with Crippen LogP contribution in [0.25, 0.3) is 0 Å². The van der Waals surface area contributed by atoms with E-state index >= 15 is 0 Å². The first kappa shape index (κ1) is 17.8. The lowest BCUT2D eigenvalue weighted by atomic mass is 10.1. The van der Waals surface area contributed by atoms with Crippen molar-refractivity contribution in [1.29, 1.82) is 0 Å². The maximum Gasteiger partial charge on any atom is 0.338 e. The Hall–Kier alpha value is -2.53. The molecule has 0 atom stereocenters. The molecule has 0 fully saturated rings. The number of hydrogen-bond acceptors (Lipinski definition) is 4. The Kier molecular flexibility index (Phi) is 5.46. The third kappa shape index (κ3) is 4.26. The molecule has 0 unspecified atom stereocenters. The molecular formula is C18H19ClN2O3. The summed E-state index contributed by atoms with van der Waals surface area (Å²) in [7, 11) is 0. The van der Waals surface area contributed by atoms with Crippen molar-refractivity contribution in [1.82, 2.24) is 0 Å². The van der Waals surface area contributed by atoms with Crippen LogP contribution in [-0.4, -0.2) is 18.5 Å². The molecule has 0 aliphatic heterocycles. The maximum absolute atomic E-state index is 12.0. The van der Waals surface area contributed by atoms with Crippen LogP contribution in [0.4, 0.5) is 11.4 Å². The number of benzene rings is 2. The second-order valence-electron chi connectivity index (χ2n) is 5.63. The van der Waals surface area contributed by atoms with Crippen LogP contribution in [0.5, 0.6) is 0 Å². The molecule has 2 rings (SSSR count). The molecule has 126 valence electrons. The molecule has 0 aliphatic carbocycles. The molecule has 0 spiro atoms. The normalized spacial score (nSPS) is 10.3. The molecule has 5 nitrogen and oxygen atoms in total. The molecule has 0 heterocycles. The van der Waals surface area contributed by atoms with Crippen molar-refractivity contribution in [2.45, 2.75) is 20.8 Å². The van der Waals surface area contributed by atoms with Gasteiger partial charge in [-0.15, -0.1) is 0 Å². The summed E-state index contributed by atoms with van der Waals surface area (Å²) >= 11 is 5.80. The van der Waals surface area contributed by atoms with Gasteiger partial charge in [0.15, 0.2) is 6.61 Å². The number of nitrogens with two attached hydrogens (primary N) is 1. The summed E-state index contributed by atoms with van der Waals surface area (Å²) in [6.07, 6.45) is 0. The van der Waals surface area contributed by atoms with Gasteiger partial charge in [-0.05, 0) is 50.1 Å². The summed E-state index contributed by atoms with van der Waals surface area (Å²) in [6.45, 7) is 5.44. The number of rotatable bonds is 4. The summed E-state index contributed by atoms with van der Waals surface area (Å²) in [6, 6.07) is 8.37. The summed E-state index contributed by atoms with van der Waals surface area (Å²) in [4.78, 5) is 24.0. The quantitative estimate of drug-likeness (QED) is 0.654. The first-order valence-corrected chi connectivity index (χ1v) is 7.75. The van der Waals surface area contributed by atoms with Crippen molar-refractivity contribution in [3.05, 3.63) is 57.6 Å². The number of amides is 1. The zero-order valence-corrected chi connectivity index (χ0v) is 14.5. The molecular weight excluding hydrogens is 328 g/mol. The van der Waals surface area contributed by atoms with E-state index in [4.69, 9.17) is 22.1 Å². The molecule has 0 saturated carbocycles. The standard InChI is InChI=1S/C18H19ClN2O3/c1-10-6-11(2)17(12(3)7-10)21-16(22)9-24-18(23)13-4-5-14(19)15(20)8-13/h4-8H,9,20H2,1-3H3,(H,21,22). The third-order valence-corrected chi connectivity index (χ3v) is 3.85. The van der Waals surface area contributed by atoms with Crippen LogP contribution in [0.3, 0.4) is 0 Å². The van der Waals surface area contributed by atoms with Crippen molar-refractivity contribution in [3.8, 4) is 0 Å². The molecule has 0 aliphatic rings. The van der Waals surface area contributed by atoms with Gasteiger partial charge < -0.3 is 15.8 Å². The van der Waals surface area contributed by atoms with Crippen LogP contribution in [0.1, 0.15) is 27.0 Å². The molecule has 0 saturated heterocycles. The highest BCUT2D eigenvalue weighted by Crippen LogP contribution is 2.22. The Labute approximate surface area is 145 Å². The Morgan fingerprint density at radius 1 is 1.12 bits per heavy atom. The van der Waals surface area contributed by atoms with Gasteiger partial charge in [0.1, 0.15) is 0 Å². The minimum absolute atomic E-state index is 0.243. The van der Waals surface area contributed by atoms with E-state index in [9.17, 15) is 9.59 Å². The first-order valence-electron chi connectivity index (χ1n) is 7.37. The molecule has 0 aromatic heterocycles. The molecule has 2 aromatic rings. The summed E-state index contributed by atoms with van der Waals surface area (Å²) in [5.74, 6) is -1.04. The number of halogens is 1. The van der Waals surface area contributed by atoms with E-state index in [0.717, 1.165) is 22.4 Å². The van der Waals surface area contributed by atoms with Gasteiger partial charge in [-0.3, -0.25) is 4.79 Å². The van der Waals surface area contributed by atoms with E-state index < -0.39 is 11.9 Å². The number of esters is 1. The Morgan fingerprint density at radius 3 is 2.33 bits per heavy atom. The van der Waals surface area contributed by atoms with Gasteiger partial charge in [-0.1, -0.05) is 29.3 Å². The zero-order chi connectivity index (χ0) is 17.9. The molecule has 2 aromatic carbocycles. The molecule has 24 heavy (non-hydrogen) atoms. The number of carbonyl (C=O) groups excluding carboxylic acids is 2. The summed E-state index contributed by atoms with van der Waals surface area (Å²) in [5, 5.41) is 3.13. The van der Waals surface area contributed by atoms with Gasteiger partial charge in [-0.25, -0.2) is 4.79 Å². The van der Waals surface area contributed by atoms with Crippen molar-refractivity contribution in [2.24, 2.45) is 0 Å². The highest BCUT2D eigenvalue weighted by Gasteiger charge is 2.13. The number of carbonyl (C=O) groups is 2. The number of nitrogen functional groups attached to an aromatic ring is 1. The minimum Gasteiger partial charge on any atom is -0.452 e. The highest BCUT2D eigenvalue weighted by molar-refractivity contribution is 6.33. The lowest BCUT2D eigenvalue weighted by Gasteiger charge is -2.13. The van der Waals surface area contributed by atoms with E-state index in [0.29, 0.717) is 5.02 Å². The third-order valence-electron chi connectivity index (χ3n) is 3.51. The Morgan fingerprint density at radius 2 is 1.75 bits per heavy atom. The summed E-state index contributed by atoms with van der Waals surface area (Å²) < 4.78 is 5.01. The fourth-order valence-corrected chi connectivity index (χ4v) is 2.56. The number of nitrogens with one attached hydrogen (secondary N) is 1. The van der Waals surface area contributed by atoms with Gasteiger partial charge >= 0.3 is 5.97 Å². The van der Waals surface area contributed by atoms with Crippen LogP contribution in [-0.2, 0) is 9.53 Å². The van der Waals surface area contributed by atoms with Gasteiger partial charge in [0.25, 0.3) is 5.91 Å². The fraction of sp³-hybridized carbons (Fsp3) is 0.222. The van der Waals surface area contributed by atoms with Gasteiger partial charge in [-0.2, -0.15) is 0 Å². The lowest BCUT2D eigenvalue weighted by molar-refractivity contribution is -0.119. The van der Waals surface area contributed by atoms with Crippen LogP contribution < -0.4 is 11.1 Å². The first-order chi connectivity index (χ1) is 11.3. The SMILES string of the molecule is Cc1cc(C)c(NC(=O)COC(=O)c2ccc(Cl)c(N)c2)c(C)c1. The van der Waals surface area contributed by atoms with E-state index in [2.05, 4.69) is 5.32 Å². The number of anilines is 2. The topological polar surface area (TPSA) is 81.4 Å². The van der Waals surface area contributed by atoms with Crippen LogP contribution in [0, 0.1) is 20.8 Å². The molecule has 0 radical (unpaired) electrons. The lowest BCUT2D eigenvalue weighted by Crippen LogP contribution is -2.22. The molecule has 3 N–H and O–H groups in total. The summed E-state index contributed by atoms with van der Waals surface area (Å²) in [5.41, 5.74) is 9.93. The zero-order valence-electron chi connectivity index (χ0n) is 13.8. The number of aryl methyl sites for hydroxylation is 3. The predicted octanol–water partition coefficient (Wildman–Crippen LogP) is 3.64. The van der Waals surface area contributed by atoms with E-state index in [-0.39, 0.29) is 17.9 Å². The van der Waals surface area contributed by atoms with E-state index in [1.165, 1.54) is 18.2 Å². The van der Waals surface area contributed by atoms with Crippen LogP contribution in [0.2, 0.25) is 5.02 Å². The molecule has 0 bridgehead atoms. The predicted molar refractivity (Wildman–Crippen MR) is 95.4 cm³/mol. The van der Waals surface area contributed by atoms with Crippen LogP contribution in [0.15, 0.2) is 30.3 Å². The maximum atomic E-state index is 12.0. The molecule has 1 amide bonds. The number of ether oxygens (including phenoxy) is 1. The van der Waals surface area contributed by atoms with Crippen LogP contribution >= 0.6 is 11.6 Å². The van der Waals surface area contributed by atoms with E-state index in [1.807, 2.05) is 32.9 Å². The van der Waals surface area contributed by atoms with E-state index in [1.54, 1.807) is 0 Å². The number of hydrogen-bond donors (Lipinski definition) is 2. The minimum atomic E-state index is -0.633. The average Bonchev–Trinajstić information content (AvgIpc) is 2.51.